The molecular weight excluding hydrogens is 164 g/mol. The van der Waals surface area contributed by atoms with Gasteiger partial charge in [-0.15, -0.1) is 6.58 Å². The lowest BCUT2D eigenvalue weighted by atomic mass is 10.2. The summed E-state index contributed by atoms with van der Waals surface area (Å²) < 4.78 is 0. The van der Waals surface area contributed by atoms with E-state index in [4.69, 9.17) is 0 Å². The standard InChI is InChI=1S/C10H10N2O/c1-2-8-12(11)10(13)9-6-4-3-5-7-9/h2-7H,1,8H2. The van der Waals surface area contributed by atoms with Crippen molar-refractivity contribution in [3.05, 3.63) is 48.6 Å². The molecule has 0 heterocycles. The lowest BCUT2D eigenvalue weighted by Gasteiger charge is -2.10. The Morgan fingerprint density at radius 3 is 2.62 bits per heavy atom. The van der Waals surface area contributed by atoms with Crippen molar-refractivity contribution in [3.8, 4) is 0 Å². The van der Waals surface area contributed by atoms with Crippen LogP contribution in [-0.2, 0) is 0 Å². The van der Waals surface area contributed by atoms with Gasteiger partial charge in [-0.1, -0.05) is 24.3 Å². The van der Waals surface area contributed by atoms with Crippen molar-refractivity contribution in [2.75, 3.05) is 6.54 Å². The lowest BCUT2D eigenvalue weighted by molar-refractivity contribution is 0.0760. The van der Waals surface area contributed by atoms with Crippen LogP contribution in [0.15, 0.2) is 43.0 Å². The molecule has 0 saturated carbocycles. The Morgan fingerprint density at radius 1 is 1.46 bits per heavy atom. The molecule has 0 atom stereocenters. The molecule has 1 amide bonds. The van der Waals surface area contributed by atoms with Gasteiger partial charge in [-0.3, -0.25) is 4.79 Å². The molecular formula is C10H10N2O. The molecule has 0 bridgehead atoms. The fraction of sp³-hybridized carbons (Fsp3) is 0.100. The Hall–Kier alpha value is -1.61. The molecule has 1 rings (SSSR count). The van der Waals surface area contributed by atoms with E-state index < -0.39 is 5.91 Å². The van der Waals surface area contributed by atoms with E-state index in [1.54, 1.807) is 24.3 Å². The maximum atomic E-state index is 11.4. The molecule has 1 aromatic rings. The van der Waals surface area contributed by atoms with E-state index in [0.29, 0.717) is 10.6 Å². The zero-order valence-electron chi connectivity index (χ0n) is 7.18. The van der Waals surface area contributed by atoms with E-state index in [-0.39, 0.29) is 6.54 Å². The van der Waals surface area contributed by atoms with Crippen LogP contribution in [0.25, 0.3) is 0 Å². The van der Waals surface area contributed by atoms with Crippen LogP contribution in [0.4, 0.5) is 0 Å². The summed E-state index contributed by atoms with van der Waals surface area (Å²) in [4.78, 5) is 11.4. The van der Waals surface area contributed by atoms with Crippen molar-refractivity contribution >= 4 is 5.91 Å². The minimum Gasteiger partial charge on any atom is -0.268 e. The molecule has 2 radical (unpaired) electrons. The Labute approximate surface area is 77.4 Å². The highest BCUT2D eigenvalue weighted by atomic mass is 16.2. The number of carbonyl (C=O) groups is 1. The summed E-state index contributed by atoms with van der Waals surface area (Å²) in [6.45, 7) is 3.56. The minimum absolute atomic E-state index is 0.133. The van der Waals surface area contributed by atoms with Gasteiger partial charge < -0.3 is 0 Å². The van der Waals surface area contributed by atoms with Gasteiger partial charge >= 0.3 is 0 Å². The van der Waals surface area contributed by atoms with Crippen LogP contribution >= 0.6 is 0 Å². The molecule has 0 saturated heterocycles. The predicted molar refractivity (Wildman–Crippen MR) is 49.8 cm³/mol. The maximum Gasteiger partial charge on any atom is 0.270 e. The minimum atomic E-state index is -0.416. The highest BCUT2D eigenvalue weighted by Crippen LogP contribution is 2.01. The molecule has 0 aromatic heterocycles. The van der Waals surface area contributed by atoms with Crippen molar-refractivity contribution in [2.24, 2.45) is 0 Å². The molecule has 3 heteroatoms. The normalized spacial score (nSPS) is 9.31. The first-order valence-corrected chi connectivity index (χ1v) is 3.92. The fourth-order valence-electron chi connectivity index (χ4n) is 0.935. The third-order valence-electron chi connectivity index (χ3n) is 1.56. The number of hydrogen-bond acceptors (Lipinski definition) is 1. The van der Waals surface area contributed by atoms with Gasteiger partial charge in [0.2, 0.25) is 0 Å². The van der Waals surface area contributed by atoms with E-state index in [9.17, 15) is 10.6 Å². The van der Waals surface area contributed by atoms with Crippen molar-refractivity contribution in [3.63, 3.8) is 0 Å². The zero-order chi connectivity index (χ0) is 9.68. The van der Waals surface area contributed by atoms with Crippen molar-refractivity contribution in [2.45, 2.75) is 0 Å². The van der Waals surface area contributed by atoms with E-state index in [0.717, 1.165) is 0 Å². The second kappa shape index (κ2) is 4.42. The largest absolute Gasteiger partial charge is 0.270 e. The first-order valence-electron chi connectivity index (χ1n) is 3.92. The SMILES string of the molecule is C=CCN([N])C(=O)c1ccccc1. The number of rotatable bonds is 3. The molecule has 0 aliphatic rings. The maximum absolute atomic E-state index is 11.4. The number of nitrogens with zero attached hydrogens (tertiary/aromatic N) is 2. The predicted octanol–water partition coefficient (Wildman–Crippen LogP) is 1.30. The number of benzene rings is 1. The van der Waals surface area contributed by atoms with Crippen LogP contribution in [0.1, 0.15) is 10.4 Å². The van der Waals surface area contributed by atoms with Gasteiger partial charge in [0.1, 0.15) is 0 Å². The van der Waals surface area contributed by atoms with Crippen LogP contribution in [-0.4, -0.2) is 17.5 Å². The number of carbonyl (C=O) groups excluding carboxylic acids is 1. The quantitative estimate of drug-likeness (QED) is 0.503. The number of hydrogen-bond donors (Lipinski definition) is 0. The van der Waals surface area contributed by atoms with E-state index in [1.807, 2.05) is 6.07 Å². The van der Waals surface area contributed by atoms with Crippen LogP contribution in [0.3, 0.4) is 0 Å². The monoisotopic (exact) mass is 174 g/mol. The van der Waals surface area contributed by atoms with Crippen molar-refractivity contribution < 1.29 is 4.79 Å². The van der Waals surface area contributed by atoms with Gasteiger partial charge in [0.05, 0.1) is 6.54 Å². The summed E-state index contributed by atoms with van der Waals surface area (Å²) in [5, 5.41) is 0.627. The Bertz CT molecular complexity index is 295. The molecule has 3 nitrogen and oxygen atoms in total. The third-order valence-corrected chi connectivity index (χ3v) is 1.56. The van der Waals surface area contributed by atoms with E-state index in [2.05, 4.69) is 6.58 Å². The van der Waals surface area contributed by atoms with Crippen molar-refractivity contribution in [1.82, 2.24) is 10.9 Å². The zero-order valence-corrected chi connectivity index (χ0v) is 7.18. The van der Waals surface area contributed by atoms with Gasteiger partial charge in [0.25, 0.3) is 5.91 Å². The smallest absolute Gasteiger partial charge is 0.268 e. The summed E-state index contributed by atoms with van der Waals surface area (Å²) in [7, 11) is 0. The average molecular weight is 174 g/mol. The third kappa shape index (κ3) is 2.42. The van der Waals surface area contributed by atoms with E-state index in [1.165, 1.54) is 6.08 Å². The Morgan fingerprint density at radius 2 is 2.08 bits per heavy atom. The van der Waals surface area contributed by atoms with Gasteiger partial charge in [0.15, 0.2) is 0 Å². The molecule has 0 fully saturated rings. The summed E-state index contributed by atoms with van der Waals surface area (Å²) >= 11 is 0. The molecule has 1 aromatic carbocycles. The van der Waals surface area contributed by atoms with Gasteiger partial charge in [-0.05, 0) is 18.0 Å². The first kappa shape index (κ1) is 9.48. The second-order valence-electron chi connectivity index (χ2n) is 2.54. The summed E-state index contributed by atoms with van der Waals surface area (Å²) in [5.74, 6) is 8.77. The topological polar surface area (TPSA) is 42.6 Å². The summed E-state index contributed by atoms with van der Waals surface area (Å²) in [6, 6.07) is 8.60. The van der Waals surface area contributed by atoms with Crippen molar-refractivity contribution in [1.29, 1.82) is 0 Å². The molecule has 0 aliphatic carbocycles. The van der Waals surface area contributed by atoms with Crippen LogP contribution in [0.5, 0.6) is 0 Å². The average Bonchev–Trinajstić information content (AvgIpc) is 2.18. The van der Waals surface area contributed by atoms with Gasteiger partial charge in [0, 0.05) is 5.56 Å². The Kier molecular flexibility index (Phi) is 3.23. The summed E-state index contributed by atoms with van der Waals surface area (Å²) in [6.07, 6.45) is 1.46. The van der Waals surface area contributed by atoms with Gasteiger partial charge in [-0.2, -0.15) is 0 Å². The first-order chi connectivity index (χ1) is 6.25. The Balaban J connectivity index is 2.73. The van der Waals surface area contributed by atoms with Crippen LogP contribution < -0.4 is 5.84 Å². The molecule has 13 heavy (non-hydrogen) atoms. The summed E-state index contributed by atoms with van der Waals surface area (Å²) in [5.41, 5.74) is 0.465. The highest BCUT2D eigenvalue weighted by Gasteiger charge is 2.10. The second-order valence-corrected chi connectivity index (χ2v) is 2.54. The molecule has 0 N–H and O–H groups in total. The van der Waals surface area contributed by atoms with Crippen LogP contribution in [0, 0.1) is 0 Å². The number of amides is 1. The lowest BCUT2D eigenvalue weighted by Crippen LogP contribution is -2.29. The molecule has 66 valence electrons. The molecule has 0 aliphatic heterocycles. The fourth-order valence-corrected chi connectivity index (χ4v) is 0.935. The molecule has 0 unspecified atom stereocenters. The van der Waals surface area contributed by atoms with Gasteiger partial charge in [-0.25, -0.2) is 5.01 Å². The van der Waals surface area contributed by atoms with Crippen LogP contribution in [0.2, 0.25) is 0 Å². The van der Waals surface area contributed by atoms with E-state index >= 15 is 0 Å². The highest BCUT2D eigenvalue weighted by molar-refractivity contribution is 5.93. The molecule has 0 spiro atoms.